The summed E-state index contributed by atoms with van der Waals surface area (Å²) in [5, 5.41) is 12.0. The van der Waals surface area contributed by atoms with Crippen molar-refractivity contribution in [2.75, 3.05) is 5.32 Å². The molecule has 0 aliphatic rings. The van der Waals surface area contributed by atoms with Crippen LogP contribution in [-0.4, -0.2) is 17.0 Å². The van der Waals surface area contributed by atoms with Gasteiger partial charge in [-0.3, -0.25) is 9.59 Å². The van der Waals surface area contributed by atoms with Gasteiger partial charge in [0, 0.05) is 10.2 Å². The van der Waals surface area contributed by atoms with Crippen LogP contribution in [0.3, 0.4) is 0 Å². The predicted molar refractivity (Wildman–Crippen MR) is 98.3 cm³/mol. The van der Waals surface area contributed by atoms with E-state index in [1.165, 1.54) is 0 Å². The quantitative estimate of drug-likeness (QED) is 0.787. The number of carboxylic acid groups (broad SMARTS) is 1. The van der Waals surface area contributed by atoms with E-state index in [1.54, 1.807) is 31.2 Å². The first-order chi connectivity index (χ1) is 11.2. The number of nitrogens with one attached hydrogen (secondary N) is 1. The minimum Gasteiger partial charge on any atom is -0.481 e. The highest BCUT2D eigenvalue weighted by atomic mass is 79.9. The summed E-state index contributed by atoms with van der Waals surface area (Å²) in [5.41, 5.74) is 1.41. The Bertz CT molecular complexity index is 771. The largest absolute Gasteiger partial charge is 0.481 e. The molecule has 1 unspecified atom stereocenters. The first kappa shape index (κ1) is 18.2. The van der Waals surface area contributed by atoms with Crippen LogP contribution in [0, 0.1) is 0 Å². The van der Waals surface area contributed by atoms with E-state index in [-0.39, 0.29) is 5.91 Å². The van der Waals surface area contributed by atoms with Crippen LogP contribution in [0.4, 0.5) is 5.69 Å². The van der Waals surface area contributed by atoms with Crippen molar-refractivity contribution in [1.29, 1.82) is 0 Å². The molecular formula is C19H20BrNO3. The zero-order valence-corrected chi connectivity index (χ0v) is 15.4. The minimum absolute atomic E-state index is 0.152. The molecule has 1 amide bonds. The van der Waals surface area contributed by atoms with Gasteiger partial charge in [0.1, 0.15) is 0 Å². The van der Waals surface area contributed by atoms with E-state index in [9.17, 15) is 9.59 Å². The van der Waals surface area contributed by atoms with Crippen LogP contribution in [-0.2, 0) is 15.0 Å². The van der Waals surface area contributed by atoms with Crippen molar-refractivity contribution in [3.63, 3.8) is 0 Å². The standard InChI is InChI=1S/C19H20BrNO3/c1-12(17(22)23)13-6-4-9-16(10-13)21-18(24)19(2,3)14-7-5-8-15(20)11-14/h4-12H,1-3H3,(H,21,24)(H,22,23). The molecule has 0 spiro atoms. The van der Waals surface area contributed by atoms with E-state index in [2.05, 4.69) is 21.2 Å². The smallest absolute Gasteiger partial charge is 0.310 e. The number of hydrogen-bond donors (Lipinski definition) is 2. The van der Waals surface area contributed by atoms with Gasteiger partial charge in [-0.05, 0) is 56.2 Å². The van der Waals surface area contributed by atoms with E-state index >= 15 is 0 Å². The van der Waals surface area contributed by atoms with Crippen LogP contribution in [0.25, 0.3) is 0 Å². The van der Waals surface area contributed by atoms with E-state index in [1.807, 2.05) is 38.1 Å². The van der Waals surface area contributed by atoms with Crippen LogP contribution >= 0.6 is 15.9 Å². The van der Waals surface area contributed by atoms with Gasteiger partial charge in [-0.25, -0.2) is 0 Å². The highest BCUT2D eigenvalue weighted by molar-refractivity contribution is 9.10. The number of hydrogen-bond acceptors (Lipinski definition) is 2. The monoisotopic (exact) mass is 389 g/mol. The highest BCUT2D eigenvalue weighted by Crippen LogP contribution is 2.28. The van der Waals surface area contributed by atoms with Crippen LogP contribution < -0.4 is 5.32 Å². The summed E-state index contributed by atoms with van der Waals surface area (Å²) in [4.78, 5) is 23.8. The van der Waals surface area contributed by atoms with Crippen LogP contribution in [0.15, 0.2) is 53.0 Å². The molecule has 1 atom stereocenters. The normalized spacial score (nSPS) is 12.5. The third kappa shape index (κ3) is 4.03. The highest BCUT2D eigenvalue weighted by Gasteiger charge is 2.30. The Morgan fingerprint density at radius 3 is 2.42 bits per heavy atom. The molecule has 0 aliphatic carbocycles. The molecule has 2 aromatic carbocycles. The van der Waals surface area contributed by atoms with E-state index in [4.69, 9.17) is 5.11 Å². The van der Waals surface area contributed by atoms with Gasteiger partial charge in [0.05, 0.1) is 11.3 Å². The maximum absolute atomic E-state index is 12.7. The minimum atomic E-state index is -0.895. The second-order valence-corrected chi connectivity index (χ2v) is 7.19. The number of aliphatic carboxylic acids is 1. The van der Waals surface area contributed by atoms with Crippen molar-refractivity contribution in [1.82, 2.24) is 0 Å². The molecule has 4 nitrogen and oxygen atoms in total. The molecule has 0 aliphatic heterocycles. The molecule has 2 rings (SSSR count). The summed E-state index contributed by atoms with van der Waals surface area (Å²) >= 11 is 3.42. The lowest BCUT2D eigenvalue weighted by molar-refractivity contribution is -0.138. The lowest BCUT2D eigenvalue weighted by atomic mass is 9.83. The van der Waals surface area contributed by atoms with Crippen molar-refractivity contribution < 1.29 is 14.7 Å². The molecule has 0 saturated heterocycles. The Hall–Kier alpha value is -2.14. The molecule has 0 aromatic heterocycles. The summed E-state index contributed by atoms with van der Waals surface area (Å²) in [6.07, 6.45) is 0. The second-order valence-electron chi connectivity index (χ2n) is 6.27. The Kier molecular flexibility index (Phi) is 5.44. The van der Waals surface area contributed by atoms with Crippen LogP contribution in [0.2, 0.25) is 0 Å². The van der Waals surface area contributed by atoms with Crippen molar-refractivity contribution >= 4 is 33.5 Å². The fourth-order valence-corrected chi connectivity index (χ4v) is 2.72. The Morgan fingerprint density at radius 1 is 1.12 bits per heavy atom. The number of halogens is 1. The molecule has 2 aromatic rings. The predicted octanol–water partition coefficient (Wildman–Crippen LogP) is 4.55. The number of amides is 1. The molecule has 24 heavy (non-hydrogen) atoms. The molecule has 0 bridgehead atoms. The van der Waals surface area contributed by atoms with Crippen molar-refractivity contribution in [2.24, 2.45) is 0 Å². The molecule has 0 radical (unpaired) electrons. The second kappa shape index (κ2) is 7.18. The van der Waals surface area contributed by atoms with Gasteiger partial charge >= 0.3 is 5.97 Å². The fourth-order valence-electron chi connectivity index (χ4n) is 2.32. The number of benzene rings is 2. The first-order valence-electron chi connectivity index (χ1n) is 7.62. The molecule has 0 saturated carbocycles. The molecule has 5 heteroatoms. The van der Waals surface area contributed by atoms with Gasteiger partial charge in [-0.1, -0.05) is 40.2 Å². The van der Waals surface area contributed by atoms with Crippen molar-refractivity contribution in [3.8, 4) is 0 Å². The van der Waals surface area contributed by atoms with E-state index < -0.39 is 17.3 Å². The van der Waals surface area contributed by atoms with Gasteiger partial charge in [-0.15, -0.1) is 0 Å². The van der Waals surface area contributed by atoms with Gasteiger partial charge < -0.3 is 10.4 Å². The zero-order chi connectivity index (χ0) is 17.9. The molecule has 2 N–H and O–H groups in total. The van der Waals surface area contributed by atoms with Gasteiger partial charge in [0.15, 0.2) is 0 Å². The van der Waals surface area contributed by atoms with Gasteiger partial charge in [0.25, 0.3) is 0 Å². The fraction of sp³-hybridized carbons (Fsp3) is 0.263. The molecule has 0 fully saturated rings. The lowest BCUT2D eigenvalue weighted by Crippen LogP contribution is -2.34. The third-order valence-corrected chi connectivity index (χ3v) is 4.62. The maximum atomic E-state index is 12.7. The van der Waals surface area contributed by atoms with Gasteiger partial charge in [-0.2, -0.15) is 0 Å². The topological polar surface area (TPSA) is 66.4 Å². The van der Waals surface area contributed by atoms with Crippen molar-refractivity contribution in [3.05, 3.63) is 64.1 Å². The number of carbonyl (C=O) groups is 2. The van der Waals surface area contributed by atoms with Crippen LogP contribution in [0.5, 0.6) is 0 Å². The number of anilines is 1. The lowest BCUT2D eigenvalue weighted by Gasteiger charge is -2.24. The van der Waals surface area contributed by atoms with Gasteiger partial charge in [0.2, 0.25) is 5.91 Å². The molecular weight excluding hydrogens is 370 g/mol. The summed E-state index contributed by atoms with van der Waals surface area (Å²) in [5.74, 6) is -1.67. The average molecular weight is 390 g/mol. The Labute approximate surface area is 150 Å². The zero-order valence-electron chi connectivity index (χ0n) is 13.8. The van der Waals surface area contributed by atoms with Crippen molar-refractivity contribution in [2.45, 2.75) is 32.1 Å². The number of carbonyl (C=O) groups excluding carboxylic acids is 1. The van der Waals surface area contributed by atoms with E-state index in [0.717, 1.165) is 10.0 Å². The van der Waals surface area contributed by atoms with Crippen LogP contribution in [0.1, 0.15) is 37.8 Å². The number of carboxylic acids is 1. The summed E-state index contributed by atoms with van der Waals surface area (Å²) < 4.78 is 0.915. The summed E-state index contributed by atoms with van der Waals surface area (Å²) in [7, 11) is 0. The number of rotatable bonds is 5. The molecule has 126 valence electrons. The first-order valence-corrected chi connectivity index (χ1v) is 8.41. The SMILES string of the molecule is CC(C(=O)O)c1cccc(NC(=O)C(C)(C)c2cccc(Br)c2)c1. The Morgan fingerprint density at radius 2 is 1.79 bits per heavy atom. The molecule has 0 heterocycles. The maximum Gasteiger partial charge on any atom is 0.310 e. The average Bonchev–Trinajstić information content (AvgIpc) is 2.54. The third-order valence-electron chi connectivity index (χ3n) is 4.13. The Balaban J connectivity index is 2.23. The summed E-state index contributed by atoms with van der Waals surface area (Å²) in [6.45, 7) is 5.33. The van der Waals surface area contributed by atoms with E-state index in [0.29, 0.717) is 11.3 Å². The summed E-state index contributed by atoms with van der Waals surface area (Å²) in [6, 6.07) is 14.6.